The van der Waals surface area contributed by atoms with Gasteiger partial charge in [-0.2, -0.15) is 5.10 Å². The van der Waals surface area contributed by atoms with E-state index in [0.29, 0.717) is 27.1 Å². The van der Waals surface area contributed by atoms with Crippen molar-refractivity contribution in [2.75, 3.05) is 7.11 Å². The summed E-state index contributed by atoms with van der Waals surface area (Å²) in [6.45, 7) is 0.227. The SMILES string of the molecule is COc1cc(/C=N/NC(N)=S)ccc1OCc1c(Cl)cccc1Cl. The second kappa shape index (κ2) is 8.73. The van der Waals surface area contributed by atoms with E-state index in [2.05, 4.69) is 22.7 Å². The lowest BCUT2D eigenvalue weighted by Gasteiger charge is -2.13. The Bertz CT molecular complexity index is 749. The van der Waals surface area contributed by atoms with Gasteiger partial charge in [0.25, 0.3) is 0 Å². The molecule has 0 aromatic heterocycles. The number of nitrogens with one attached hydrogen (secondary N) is 1. The Labute approximate surface area is 155 Å². The van der Waals surface area contributed by atoms with E-state index in [1.54, 1.807) is 43.7 Å². The van der Waals surface area contributed by atoms with Crippen molar-refractivity contribution in [2.24, 2.45) is 10.8 Å². The Morgan fingerprint density at radius 3 is 2.58 bits per heavy atom. The summed E-state index contributed by atoms with van der Waals surface area (Å²) in [5.41, 5.74) is 9.29. The minimum atomic E-state index is 0.0924. The molecule has 0 fully saturated rings. The number of ether oxygens (including phenoxy) is 2. The maximum Gasteiger partial charge on any atom is 0.184 e. The van der Waals surface area contributed by atoms with Gasteiger partial charge in [-0.3, -0.25) is 5.43 Å². The van der Waals surface area contributed by atoms with Crippen molar-refractivity contribution in [1.29, 1.82) is 0 Å². The average molecular weight is 384 g/mol. The van der Waals surface area contributed by atoms with Crippen LogP contribution in [0.2, 0.25) is 10.0 Å². The molecule has 126 valence electrons. The summed E-state index contributed by atoms with van der Waals surface area (Å²) in [4.78, 5) is 0. The predicted octanol–water partition coefficient (Wildman–Crippen LogP) is 3.75. The van der Waals surface area contributed by atoms with Crippen LogP contribution in [0.3, 0.4) is 0 Å². The average Bonchev–Trinajstić information content (AvgIpc) is 2.54. The molecule has 0 aliphatic heterocycles. The molecule has 2 rings (SSSR count). The molecule has 24 heavy (non-hydrogen) atoms. The summed E-state index contributed by atoms with van der Waals surface area (Å²) >= 11 is 16.9. The molecule has 0 bridgehead atoms. The lowest BCUT2D eigenvalue weighted by atomic mass is 10.2. The van der Waals surface area contributed by atoms with Crippen LogP contribution in [0.25, 0.3) is 0 Å². The number of nitrogens with zero attached hydrogens (tertiary/aromatic N) is 1. The molecule has 2 aromatic carbocycles. The molecule has 0 atom stereocenters. The number of benzene rings is 2. The van der Waals surface area contributed by atoms with Gasteiger partial charge in [-0.05, 0) is 48.1 Å². The normalized spacial score (nSPS) is 10.6. The molecule has 8 heteroatoms. The molecule has 5 nitrogen and oxygen atoms in total. The maximum absolute atomic E-state index is 6.14. The number of rotatable bonds is 6. The highest BCUT2D eigenvalue weighted by Crippen LogP contribution is 2.31. The number of thiocarbonyl (C=S) groups is 1. The number of hydrogen-bond acceptors (Lipinski definition) is 4. The third-order valence-corrected chi connectivity index (χ3v) is 3.81. The van der Waals surface area contributed by atoms with E-state index in [1.165, 1.54) is 0 Å². The zero-order chi connectivity index (χ0) is 17.5. The minimum absolute atomic E-state index is 0.0924. The Morgan fingerprint density at radius 1 is 1.25 bits per heavy atom. The lowest BCUT2D eigenvalue weighted by Crippen LogP contribution is -2.23. The van der Waals surface area contributed by atoms with Gasteiger partial charge >= 0.3 is 0 Å². The van der Waals surface area contributed by atoms with Crippen LogP contribution >= 0.6 is 35.4 Å². The van der Waals surface area contributed by atoms with Gasteiger partial charge in [-0.25, -0.2) is 0 Å². The van der Waals surface area contributed by atoms with Crippen molar-refractivity contribution < 1.29 is 9.47 Å². The highest BCUT2D eigenvalue weighted by Gasteiger charge is 2.09. The molecule has 0 heterocycles. The molecule has 0 saturated carbocycles. The fraction of sp³-hybridized carbons (Fsp3) is 0.125. The zero-order valence-corrected chi connectivity index (χ0v) is 15.1. The first-order chi connectivity index (χ1) is 11.5. The molecular weight excluding hydrogens is 369 g/mol. The van der Waals surface area contributed by atoms with Crippen molar-refractivity contribution in [3.05, 3.63) is 57.6 Å². The molecule has 0 unspecified atom stereocenters. The van der Waals surface area contributed by atoms with Gasteiger partial charge in [0.05, 0.1) is 13.3 Å². The summed E-state index contributed by atoms with van der Waals surface area (Å²) in [6.07, 6.45) is 1.57. The zero-order valence-electron chi connectivity index (χ0n) is 12.8. The van der Waals surface area contributed by atoms with Gasteiger partial charge in [-0.1, -0.05) is 29.3 Å². The van der Waals surface area contributed by atoms with Crippen LogP contribution in [0.4, 0.5) is 0 Å². The first-order valence-electron chi connectivity index (χ1n) is 6.83. The Hall–Kier alpha value is -2.02. The molecule has 0 saturated heterocycles. The maximum atomic E-state index is 6.14. The molecule has 0 aliphatic rings. The summed E-state index contributed by atoms with van der Waals surface area (Å²) < 4.78 is 11.1. The van der Waals surface area contributed by atoms with E-state index in [-0.39, 0.29) is 11.7 Å². The number of nitrogens with two attached hydrogens (primary N) is 1. The van der Waals surface area contributed by atoms with Gasteiger partial charge in [0, 0.05) is 15.6 Å². The van der Waals surface area contributed by atoms with Crippen LogP contribution in [0.1, 0.15) is 11.1 Å². The Kier molecular flexibility index (Phi) is 6.66. The van der Waals surface area contributed by atoms with Crippen LogP contribution in [-0.2, 0) is 6.61 Å². The van der Waals surface area contributed by atoms with Gasteiger partial charge in [0.1, 0.15) is 6.61 Å². The fourth-order valence-electron chi connectivity index (χ4n) is 1.87. The number of hydrazone groups is 1. The third kappa shape index (κ3) is 4.99. The van der Waals surface area contributed by atoms with Gasteiger partial charge in [0.2, 0.25) is 0 Å². The van der Waals surface area contributed by atoms with Crippen LogP contribution in [0.15, 0.2) is 41.5 Å². The van der Waals surface area contributed by atoms with Crippen molar-refractivity contribution in [2.45, 2.75) is 6.61 Å². The summed E-state index contributed by atoms with van der Waals surface area (Å²) in [6, 6.07) is 10.7. The van der Waals surface area contributed by atoms with Crippen LogP contribution in [0, 0.1) is 0 Å². The molecule has 2 aromatic rings. The van der Waals surface area contributed by atoms with Crippen molar-refractivity contribution >= 4 is 46.7 Å². The van der Waals surface area contributed by atoms with E-state index >= 15 is 0 Å². The molecule has 3 N–H and O–H groups in total. The number of halogens is 2. The summed E-state index contributed by atoms with van der Waals surface area (Å²) in [5.74, 6) is 1.12. The second-order valence-corrected chi connectivity index (χ2v) is 5.89. The molecular formula is C16H15Cl2N3O2S. The number of methoxy groups -OCH3 is 1. The van der Waals surface area contributed by atoms with E-state index in [4.69, 9.17) is 38.4 Å². The quantitative estimate of drug-likeness (QED) is 0.451. The van der Waals surface area contributed by atoms with Gasteiger partial charge < -0.3 is 15.2 Å². The van der Waals surface area contributed by atoms with Crippen molar-refractivity contribution in [1.82, 2.24) is 5.43 Å². The van der Waals surface area contributed by atoms with E-state index in [9.17, 15) is 0 Å². The van der Waals surface area contributed by atoms with Crippen LogP contribution in [-0.4, -0.2) is 18.4 Å². The van der Waals surface area contributed by atoms with Crippen LogP contribution < -0.4 is 20.6 Å². The minimum Gasteiger partial charge on any atom is -0.493 e. The van der Waals surface area contributed by atoms with Gasteiger partial charge in [0.15, 0.2) is 16.6 Å². The molecule has 0 spiro atoms. The van der Waals surface area contributed by atoms with E-state index < -0.39 is 0 Å². The standard InChI is InChI=1S/C16H15Cl2N3O2S/c1-22-15-7-10(8-20-21-16(19)24)5-6-14(15)23-9-11-12(17)3-2-4-13(11)18/h2-8H,9H2,1H3,(H3,19,21,24)/b20-8+. The summed E-state index contributed by atoms with van der Waals surface area (Å²) in [5, 5.41) is 5.08. The Balaban J connectivity index is 2.13. The summed E-state index contributed by atoms with van der Waals surface area (Å²) in [7, 11) is 1.55. The van der Waals surface area contributed by atoms with Crippen molar-refractivity contribution in [3.8, 4) is 11.5 Å². The first-order valence-corrected chi connectivity index (χ1v) is 8.00. The lowest BCUT2D eigenvalue weighted by molar-refractivity contribution is 0.284. The second-order valence-electron chi connectivity index (χ2n) is 4.63. The smallest absolute Gasteiger partial charge is 0.184 e. The Morgan fingerprint density at radius 2 is 1.96 bits per heavy atom. The third-order valence-electron chi connectivity index (χ3n) is 3.01. The number of hydrogen-bond donors (Lipinski definition) is 2. The molecule has 0 amide bonds. The highest BCUT2D eigenvalue weighted by atomic mass is 35.5. The topological polar surface area (TPSA) is 68.9 Å². The van der Waals surface area contributed by atoms with E-state index in [0.717, 1.165) is 5.56 Å². The molecule has 0 radical (unpaired) electrons. The molecule has 0 aliphatic carbocycles. The van der Waals surface area contributed by atoms with E-state index in [1.807, 2.05) is 6.07 Å². The fourth-order valence-corrected chi connectivity index (χ4v) is 2.43. The first kappa shape index (κ1) is 18.3. The van der Waals surface area contributed by atoms with Gasteiger partial charge in [-0.15, -0.1) is 0 Å². The van der Waals surface area contributed by atoms with Crippen molar-refractivity contribution in [3.63, 3.8) is 0 Å². The monoisotopic (exact) mass is 383 g/mol. The highest BCUT2D eigenvalue weighted by molar-refractivity contribution is 7.80. The largest absolute Gasteiger partial charge is 0.493 e. The van der Waals surface area contributed by atoms with Crippen LogP contribution in [0.5, 0.6) is 11.5 Å². The predicted molar refractivity (Wildman–Crippen MR) is 101 cm³/mol.